The predicted octanol–water partition coefficient (Wildman–Crippen LogP) is 11.9. The van der Waals surface area contributed by atoms with Crippen molar-refractivity contribution in [3.8, 4) is 0 Å². The fourth-order valence-corrected chi connectivity index (χ4v) is 13.7. The van der Waals surface area contributed by atoms with Crippen molar-refractivity contribution in [2.45, 2.75) is 120 Å². The number of rotatable bonds is 4. The van der Waals surface area contributed by atoms with E-state index in [9.17, 15) is 0 Å². The zero-order valence-corrected chi connectivity index (χ0v) is 30.2. The Labute approximate surface area is 254 Å². The molecule has 0 N–H and O–H groups in total. The first-order chi connectivity index (χ1) is 17.1. The van der Waals surface area contributed by atoms with E-state index in [2.05, 4.69) is 77.2 Å². The van der Waals surface area contributed by atoms with Crippen LogP contribution in [0.3, 0.4) is 0 Å². The van der Waals surface area contributed by atoms with Gasteiger partial charge in [0.25, 0.3) is 0 Å². The second-order valence-corrected chi connectivity index (χ2v) is 22.3. The number of hydrogen-bond donors (Lipinski definition) is 0. The first kappa shape index (κ1) is 34.4. The van der Waals surface area contributed by atoms with Crippen molar-refractivity contribution in [1.29, 1.82) is 0 Å². The third-order valence-electron chi connectivity index (χ3n) is 10.1. The van der Waals surface area contributed by atoms with Crippen LogP contribution in [0.5, 0.6) is 0 Å². The molecule has 3 saturated carbocycles. The molecule has 0 aliphatic heterocycles. The van der Waals surface area contributed by atoms with Crippen LogP contribution in [0.25, 0.3) is 0 Å². The zero-order chi connectivity index (χ0) is 26.1. The average Bonchev–Trinajstić information content (AvgIpc) is 3.58. The third kappa shape index (κ3) is 7.33. The van der Waals surface area contributed by atoms with Gasteiger partial charge in [0.2, 0.25) is 0 Å². The van der Waals surface area contributed by atoms with E-state index in [1.807, 2.05) is 0 Å². The molecule has 5 heteroatoms. The van der Waals surface area contributed by atoms with E-state index < -0.39 is 28.9 Å². The topological polar surface area (TPSA) is 13.1 Å². The van der Waals surface area contributed by atoms with E-state index in [4.69, 9.17) is 21.4 Å². The fraction of sp³-hybridized carbons (Fsp3) is 0.636. The Hall–Kier alpha value is 0.180. The molecule has 0 saturated heterocycles. The molecule has 5 unspecified atom stereocenters. The Morgan fingerprint density at radius 1 is 0.816 bits per heavy atom. The summed E-state index contributed by atoms with van der Waals surface area (Å²) in [7, 11) is 8.46. The average molecular weight is 655 g/mol. The molecule has 0 bridgehead atoms. The van der Waals surface area contributed by atoms with Gasteiger partial charge in [0.15, 0.2) is 0 Å². The van der Waals surface area contributed by atoms with Crippen molar-refractivity contribution in [3.63, 3.8) is 0 Å². The molecule has 5 rings (SSSR count). The molecule has 38 heavy (non-hydrogen) atoms. The second kappa shape index (κ2) is 14.4. The normalized spacial score (nSPS) is 27.3. The Balaban J connectivity index is 0.000000969. The van der Waals surface area contributed by atoms with E-state index in [0.29, 0.717) is 5.92 Å². The summed E-state index contributed by atoms with van der Waals surface area (Å²) >= 11 is -0.826. The summed E-state index contributed by atoms with van der Waals surface area (Å²) in [6.45, 7) is 14.6. The molecular weight excluding hydrogens is 603 g/mol. The van der Waals surface area contributed by atoms with Crippen LogP contribution in [0.4, 0.5) is 0 Å². The third-order valence-corrected chi connectivity index (χ3v) is 15.4. The van der Waals surface area contributed by atoms with Crippen LogP contribution in [-0.4, -0.2) is 8.07 Å². The van der Waals surface area contributed by atoms with Crippen LogP contribution in [0, 0.1) is 33.6 Å². The zero-order valence-electron chi connectivity index (χ0n) is 25.2. The first-order valence-electron chi connectivity index (χ1n) is 14.2. The standard InChI is InChI=1S/C31H46OSi.2CH3.2ClH.Zr/c1-21-14-19-29(32-21)28-20-27-25(22-15-17-23(18-16-22)31(2,3)4)12-9-13-26(27)30(28)33(5,6)24-10-7-8-11-24;;;;;/h14-19,24-28,30H,7-13,20H2,1-6H3;2*1H3;2*1H;/q;2*-1;;;+4/p-2. The van der Waals surface area contributed by atoms with E-state index in [1.165, 1.54) is 62.7 Å². The molecule has 1 aromatic carbocycles. The summed E-state index contributed by atoms with van der Waals surface area (Å²) < 4.78 is 6.38. The van der Waals surface area contributed by atoms with Crippen molar-refractivity contribution >= 4 is 25.1 Å². The van der Waals surface area contributed by atoms with Crippen LogP contribution >= 0.6 is 17.0 Å². The quantitative estimate of drug-likeness (QED) is 0.236. The van der Waals surface area contributed by atoms with Gasteiger partial charge in [0, 0.05) is 5.92 Å². The van der Waals surface area contributed by atoms with Gasteiger partial charge in [0.05, 0.1) is 8.07 Å². The molecule has 5 atom stereocenters. The van der Waals surface area contributed by atoms with Crippen LogP contribution < -0.4 is 0 Å². The maximum absolute atomic E-state index is 6.38. The Morgan fingerprint density at radius 2 is 1.42 bits per heavy atom. The Morgan fingerprint density at radius 3 is 1.95 bits per heavy atom. The molecule has 0 spiro atoms. The SMILES string of the molecule is Cc1ccc(C2CC3C(c4ccc(C(C)(C)C)cc4)CCCC3C2[Si](C)(C)C2CCCC2)o1.[CH3-].[CH3-].[Cl][Zr+2][Cl]. The molecule has 0 amide bonds. The number of hydrogen-bond acceptors (Lipinski definition) is 1. The second-order valence-electron chi connectivity index (χ2n) is 13.4. The van der Waals surface area contributed by atoms with Gasteiger partial charge >= 0.3 is 37.9 Å². The summed E-state index contributed by atoms with van der Waals surface area (Å²) in [5, 5.41) is 0. The molecule has 0 radical (unpaired) electrons. The molecule has 212 valence electrons. The van der Waals surface area contributed by atoms with Gasteiger partial charge in [0.1, 0.15) is 11.5 Å². The summed E-state index contributed by atoms with van der Waals surface area (Å²) in [6.07, 6.45) is 11.5. The summed E-state index contributed by atoms with van der Waals surface area (Å²) in [6, 6.07) is 14.3. The molecule has 1 heterocycles. The summed E-state index contributed by atoms with van der Waals surface area (Å²) in [5.74, 6) is 5.50. The number of furan rings is 1. The molecular formula is C33H52Cl2OSiZr. The maximum atomic E-state index is 6.38. The van der Waals surface area contributed by atoms with Crippen molar-refractivity contribution in [3.05, 3.63) is 73.9 Å². The Bertz CT molecular complexity index is 974. The van der Waals surface area contributed by atoms with Gasteiger partial charge in [-0.3, -0.25) is 0 Å². The fourth-order valence-electron chi connectivity index (χ4n) is 8.43. The predicted molar refractivity (Wildman–Crippen MR) is 168 cm³/mol. The van der Waals surface area contributed by atoms with Gasteiger partial charge in [-0.1, -0.05) is 96.7 Å². The summed E-state index contributed by atoms with van der Waals surface area (Å²) in [4.78, 5) is 0. The molecule has 1 aromatic heterocycles. The van der Waals surface area contributed by atoms with Gasteiger partial charge in [-0.15, -0.1) is 0 Å². The van der Waals surface area contributed by atoms with E-state index in [1.54, 1.807) is 5.56 Å². The van der Waals surface area contributed by atoms with Crippen LogP contribution in [-0.2, 0) is 26.3 Å². The van der Waals surface area contributed by atoms with Gasteiger partial charge in [-0.05, 0) is 77.3 Å². The minimum atomic E-state index is -1.41. The molecule has 1 nitrogen and oxygen atoms in total. The molecule has 3 aliphatic carbocycles. The molecule has 3 aliphatic rings. The van der Waals surface area contributed by atoms with Gasteiger partial charge in [-0.25, -0.2) is 0 Å². The van der Waals surface area contributed by atoms with E-state index in [-0.39, 0.29) is 20.3 Å². The Kier molecular flexibility index (Phi) is 13.0. The number of aryl methyl sites for hydroxylation is 1. The van der Waals surface area contributed by atoms with E-state index in [0.717, 1.165) is 34.6 Å². The van der Waals surface area contributed by atoms with E-state index >= 15 is 0 Å². The number of halogens is 2. The first-order valence-corrected chi connectivity index (χ1v) is 23.7. The van der Waals surface area contributed by atoms with Crippen molar-refractivity contribution in [1.82, 2.24) is 0 Å². The van der Waals surface area contributed by atoms with Crippen LogP contribution in [0.15, 0.2) is 40.8 Å². The number of benzene rings is 1. The van der Waals surface area contributed by atoms with Crippen molar-refractivity contribution < 1.29 is 25.3 Å². The van der Waals surface area contributed by atoms with Gasteiger partial charge < -0.3 is 19.3 Å². The van der Waals surface area contributed by atoms with Gasteiger partial charge in [-0.2, -0.15) is 0 Å². The minimum absolute atomic E-state index is 0. The number of fused-ring (bicyclic) bond motifs is 1. The van der Waals surface area contributed by atoms with Crippen molar-refractivity contribution in [2.24, 2.45) is 11.8 Å². The van der Waals surface area contributed by atoms with Crippen LogP contribution in [0.1, 0.15) is 107 Å². The molecule has 2 aromatic rings. The molecule has 3 fully saturated rings. The monoisotopic (exact) mass is 652 g/mol. The summed E-state index contributed by atoms with van der Waals surface area (Å²) in [5.41, 5.74) is 5.19. The van der Waals surface area contributed by atoms with Crippen LogP contribution in [0.2, 0.25) is 24.2 Å². The van der Waals surface area contributed by atoms with Crippen molar-refractivity contribution in [2.75, 3.05) is 0 Å².